The SMILES string of the molecule is [B]c1cccc(P)c1C(C)C. The van der Waals surface area contributed by atoms with Crippen LogP contribution in [0.2, 0.25) is 0 Å². The van der Waals surface area contributed by atoms with Gasteiger partial charge >= 0.3 is 0 Å². The summed E-state index contributed by atoms with van der Waals surface area (Å²) in [5.74, 6) is 0.503. The summed E-state index contributed by atoms with van der Waals surface area (Å²) >= 11 is 0. The Balaban J connectivity index is 3.21. The van der Waals surface area contributed by atoms with Crippen molar-refractivity contribution in [2.75, 3.05) is 0 Å². The van der Waals surface area contributed by atoms with Gasteiger partial charge in [0.1, 0.15) is 7.85 Å². The molecular weight excluding hydrogens is 150 g/mol. The Labute approximate surface area is 72.0 Å². The van der Waals surface area contributed by atoms with Crippen molar-refractivity contribution in [3.05, 3.63) is 23.8 Å². The summed E-state index contributed by atoms with van der Waals surface area (Å²) in [6.45, 7) is 4.30. The van der Waals surface area contributed by atoms with Crippen LogP contribution in [0, 0.1) is 0 Å². The van der Waals surface area contributed by atoms with Gasteiger partial charge in [-0.25, -0.2) is 0 Å². The summed E-state index contributed by atoms with van der Waals surface area (Å²) < 4.78 is 0. The van der Waals surface area contributed by atoms with Gasteiger partial charge in [-0.15, -0.1) is 9.24 Å². The Kier molecular flexibility index (Phi) is 2.73. The highest BCUT2D eigenvalue weighted by atomic mass is 31.0. The molecule has 0 amide bonds. The average Bonchev–Trinajstić information content (AvgIpc) is 1.85. The normalized spacial score (nSPS) is 10.5. The monoisotopic (exact) mass is 162 g/mol. The van der Waals surface area contributed by atoms with Gasteiger partial charge in [-0.05, 0) is 16.8 Å². The summed E-state index contributed by atoms with van der Waals surface area (Å²) in [4.78, 5) is 0. The molecule has 0 aliphatic heterocycles. The van der Waals surface area contributed by atoms with Crippen LogP contribution in [0.3, 0.4) is 0 Å². The van der Waals surface area contributed by atoms with E-state index in [0.29, 0.717) is 5.92 Å². The quantitative estimate of drug-likeness (QED) is 0.428. The van der Waals surface area contributed by atoms with Crippen molar-refractivity contribution >= 4 is 27.9 Å². The van der Waals surface area contributed by atoms with E-state index in [1.807, 2.05) is 12.1 Å². The molecule has 0 aliphatic carbocycles. The molecule has 1 rings (SSSR count). The maximum atomic E-state index is 5.81. The molecular formula is C9H12BP. The van der Waals surface area contributed by atoms with E-state index in [-0.39, 0.29) is 0 Å². The lowest BCUT2D eigenvalue weighted by Gasteiger charge is -2.12. The first-order valence-corrected chi connectivity index (χ1v) is 4.34. The average molecular weight is 162 g/mol. The molecule has 2 radical (unpaired) electrons. The highest BCUT2D eigenvalue weighted by Gasteiger charge is 2.04. The van der Waals surface area contributed by atoms with Gasteiger partial charge in [0.15, 0.2) is 0 Å². The van der Waals surface area contributed by atoms with Crippen molar-refractivity contribution in [3.8, 4) is 0 Å². The van der Waals surface area contributed by atoms with Crippen molar-refractivity contribution in [1.29, 1.82) is 0 Å². The second-order valence-corrected chi connectivity index (χ2v) is 3.63. The highest BCUT2D eigenvalue weighted by molar-refractivity contribution is 7.27. The van der Waals surface area contributed by atoms with E-state index in [9.17, 15) is 0 Å². The fraction of sp³-hybridized carbons (Fsp3) is 0.333. The summed E-state index contributed by atoms with van der Waals surface area (Å²) in [5.41, 5.74) is 2.14. The fourth-order valence-corrected chi connectivity index (χ4v) is 1.88. The van der Waals surface area contributed by atoms with Crippen LogP contribution in [0.15, 0.2) is 18.2 Å². The van der Waals surface area contributed by atoms with E-state index >= 15 is 0 Å². The van der Waals surface area contributed by atoms with Gasteiger partial charge in [-0.2, -0.15) is 0 Å². The molecule has 0 spiro atoms. The molecule has 1 aromatic carbocycles. The molecule has 11 heavy (non-hydrogen) atoms. The minimum Gasteiger partial charge on any atom is -0.105 e. The summed E-state index contributed by atoms with van der Waals surface area (Å²) in [6, 6.07) is 5.99. The zero-order valence-electron chi connectivity index (χ0n) is 6.96. The van der Waals surface area contributed by atoms with Crippen LogP contribution in [0.25, 0.3) is 0 Å². The van der Waals surface area contributed by atoms with Crippen LogP contribution in [0.4, 0.5) is 0 Å². The molecule has 2 heteroatoms. The molecule has 0 saturated heterocycles. The molecule has 1 unspecified atom stereocenters. The van der Waals surface area contributed by atoms with Crippen molar-refractivity contribution < 1.29 is 0 Å². The summed E-state index contributed by atoms with van der Waals surface area (Å²) in [5, 5.41) is 1.21. The molecule has 0 nitrogen and oxygen atoms in total. The van der Waals surface area contributed by atoms with Crippen LogP contribution in [-0.2, 0) is 0 Å². The Morgan fingerprint density at radius 2 is 2.00 bits per heavy atom. The summed E-state index contributed by atoms with van der Waals surface area (Å²) in [7, 11) is 8.52. The smallest absolute Gasteiger partial charge is 0.105 e. The minimum absolute atomic E-state index is 0.503. The first kappa shape index (κ1) is 8.81. The second kappa shape index (κ2) is 3.41. The number of benzene rings is 1. The Morgan fingerprint density at radius 3 is 2.36 bits per heavy atom. The lowest BCUT2D eigenvalue weighted by molar-refractivity contribution is 0.880. The number of hydrogen-bond acceptors (Lipinski definition) is 0. The van der Waals surface area contributed by atoms with Crippen molar-refractivity contribution in [1.82, 2.24) is 0 Å². The number of rotatable bonds is 1. The van der Waals surface area contributed by atoms with E-state index in [1.165, 1.54) is 10.9 Å². The standard InChI is InChI=1S/C9H12BP/c1-6(2)9-7(10)4-3-5-8(9)11/h3-6H,11H2,1-2H3. The molecule has 0 bridgehead atoms. The van der Waals surface area contributed by atoms with Crippen LogP contribution >= 0.6 is 9.24 Å². The molecule has 0 heterocycles. The molecule has 1 atom stereocenters. The van der Waals surface area contributed by atoms with Gasteiger partial charge < -0.3 is 0 Å². The van der Waals surface area contributed by atoms with Gasteiger partial charge in [0.05, 0.1) is 0 Å². The third kappa shape index (κ3) is 1.84. The zero-order valence-corrected chi connectivity index (χ0v) is 8.12. The van der Waals surface area contributed by atoms with Crippen LogP contribution in [-0.4, -0.2) is 7.85 Å². The minimum atomic E-state index is 0.503. The fourth-order valence-electron chi connectivity index (χ4n) is 1.27. The van der Waals surface area contributed by atoms with Crippen LogP contribution in [0.5, 0.6) is 0 Å². The van der Waals surface area contributed by atoms with Gasteiger partial charge in [0, 0.05) is 0 Å². The number of hydrogen-bond donors (Lipinski definition) is 0. The second-order valence-electron chi connectivity index (χ2n) is 3.00. The third-order valence-corrected chi connectivity index (χ3v) is 2.25. The molecule has 0 aliphatic rings. The Hall–Kier alpha value is -0.285. The van der Waals surface area contributed by atoms with E-state index in [0.717, 1.165) is 5.46 Å². The van der Waals surface area contributed by atoms with Gasteiger partial charge in [0.2, 0.25) is 0 Å². The largest absolute Gasteiger partial charge is 0.114 e. The van der Waals surface area contributed by atoms with Gasteiger partial charge in [-0.3, -0.25) is 0 Å². The molecule has 56 valence electrons. The Bertz CT molecular complexity index is 235. The lowest BCUT2D eigenvalue weighted by Crippen LogP contribution is -2.19. The summed E-state index contributed by atoms with van der Waals surface area (Å²) in [6.07, 6.45) is 0. The van der Waals surface area contributed by atoms with Crippen LogP contribution < -0.4 is 10.8 Å². The van der Waals surface area contributed by atoms with Crippen molar-refractivity contribution in [2.45, 2.75) is 19.8 Å². The predicted octanol–water partition coefficient (Wildman–Crippen LogP) is 1.10. The maximum Gasteiger partial charge on any atom is 0.114 e. The topological polar surface area (TPSA) is 0 Å². The third-order valence-electron chi connectivity index (χ3n) is 1.75. The van der Waals surface area contributed by atoms with Crippen molar-refractivity contribution in [3.63, 3.8) is 0 Å². The first-order chi connectivity index (χ1) is 5.13. The molecule has 0 saturated carbocycles. The van der Waals surface area contributed by atoms with E-state index in [4.69, 9.17) is 7.85 Å². The van der Waals surface area contributed by atoms with Gasteiger partial charge in [-0.1, -0.05) is 37.5 Å². The molecule has 1 aromatic rings. The molecule has 0 fully saturated rings. The maximum absolute atomic E-state index is 5.81. The molecule has 0 aromatic heterocycles. The lowest BCUT2D eigenvalue weighted by atomic mass is 9.85. The predicted molar refractivity (Wildman–Crippen MR) is 55.3 cm³/mol. The Morgan fingerprint density at radius 1 is 1.36 bits per heavy atom. The zero-order chi connectivity index (χ0) is 8.43. The van der Waals surface area contributed by atoms with E-state index < -0.39 is 0 Å². The van der Waals surface area contributed by atoms with Crippen LogP contribution in [0.1, 0.15) is 25.3 Å². The van der Waals surface area contributed by atoms with Gasteiger partial charge in [0.25, 0.3) is 0 Å². The van der Waals surface area contributed by atoms with Crippen molar-refractivity contribution in [2.24, 2.45) is 0 Å². The van der Waals surface area contributed by atoms with E-state index in [1.54, 1.807) is 0 Å². The first-order valence-electron chi connectivity index (χ1n) is 3.76. The molecule has 0 N–H and O–H groups in total. The van der Waals surface area contributed by atoms with E-state index in [2.05, 4.69) is 29.2 Å². The highest BCUT2D eigenvalue weighted by Crippen LogP contribution is 2.10.